The number of halogens is 5. The van der Waals surface area contributed by atoms with Crippen LogP contribution >= 0.6 is 23.2 Å². The van der Waals surface area contributed by atoms with Gasteiger partial charge in [-0.2, -0.15) is 13.2 Å². The molecule has 0 aromatic heterocycles. The molecular weight excluding hydrogens is 544 g/mol. The molecule has 6 nitrogen and oxygen atoms in total. The van der Waals surface area contributed by atoms with E-state index in [4.69, 9.17) is 32.8 Å². The number of hydrogen-bond acceptors (Lipinski definition) is 5. The molecule has 0 spiro atoms. The van der Waals surface area contributed by atoms with Crippen molar-refractivity contribution in [3.8, 4) is 0 Å². The fourth-order valence-corrected chi connectivity index (χ4v) is 5.05. The number of β-amino-alcohol motifs (C(OH)–C–C–N with tert-alkyl or cyclic N) is 1. The summed E-state index contributed by atoms with van der Waals surface area (Å²) in [4.78, 5) is 18.7. The molecule has 0 aliphatic carbocycles. The van der Waals surface area contributed by atoms with E-state index in [9.17, 15) is 23.1 Å². The molecule has 1 N–H and O–H groups in total. The van der Waals surface area contributed by atoms with Crippen LogP contribution < -0.4 is 0 Å². The first-order chi connectivity index (χ1) is 18.0. The summed E-state index contributed by atoms with van der Waals surface area (Å²) in [5, 5.41) is 14.8. The number of oxime groups is 1. The van der Waals surface area contributed by atoms with Crippen LogP contribution in [0, 0.1) is 0 Å². The quantitative estimate of drug-likeness (QED) is 0.388. The van der Waals surface area contributed by atoms with Crippen molar-refractivity contribution in [3.05, 3.63) is 105 Å². The Bertz CT molecular complexity index is 1360. The van der Waals surface area contributed by atoms with Crippen molar-refractivity contribution in [1.82, 2.24) is 4.90 Å². The number of hydrogen-bond donors (Lipinski definition) is 1. The van der Waals surface area contributed by atoms with Gasteiger partial charge in [-0.25, -0.2) is 4.79 Å². The first kappa shape index (κ1) is 26.3. The fraction of sp³-hybridized carbons (Fsp3) is 0.259. The third-order valence-electron chi connectivity index (χ3n) is 6.64. The van der Waals surface area contributed by atoms with Gasteiger partial charge in [0.2, 0.25) is 0 Å². The van der Waals surface area contributed by atoms with E-state index in [-0.39, 0.29) is 41.0 Å². The summed E-state index contributed by atoms with van der Waals surface area (Å²) in [6.45, 7) is 0.168. The summed E-state index contributed by atoms with van der Waals surface area (Å²) < 4.78 is 47.9. The van der Waals surface area contributed by atoms with Crippen LogP contribution in [-0.4, -0.2) is 41.1 Å². The average molecular weight is 565 g/mol. The lowest BCUT2D eigenvalue weighted by atomic mass is 9.84. The molecule has 38 heavy (non-hydrogen) atoms. The van der Waals surface area contributed by atoms with Crippen LogP contribution in [0.4, 0.5) is 18.0 Å². The predicted octanol–water partition coefficient (Wildman–Crippen LogP) is 6.42. The van der Waals surface area contributed by atoms with Gasteiger partial charge in [0.05, 0.1) is 18.8 Å². The maximum atomic E-state index is 14.2. The van der Waals surface area contributed by atoms with Crippen LogP contribution in [0.1, 0.15) is 28.7 Å². The summed E-state index contributed by atoms with van der Waals surface area (Å²) in [6, 6.07) is 19.2. The molecule has 0 saturated carbocycles. The lowest BCUT2D eigenvalue weighted by Gasteiger charge is -2.45. The van der Waals surface area contributed by atoms with Crippen LogP contribution in [0.3, 0.4) is 0 Å². The summed E-state index contributed by atoms with van der Waals surface area (Å²) in [5.41, 5.74) is -2.45. The molecule has 2 aliphatic heterocycles. The zero-order valence-corrected chi connectivity index (χ0v) is 21.2. The Hall–Kier alpha value is -3.27. The van der Waals surface area contributed by atoms with Gasteiger partial charge >= 0.3 is 12.3 Å². The van der Waals surface area contributed by atoms with E-state index >= 15 is 0 Å². The van der Waals surface area contributed by atoms with Gasteiger partial charge in [-0.1, -0.05) is 83.0 Å². The lowest BCUT2D eigenvalue weighted by Crippen LogP contribution is -2.61. The number of likely N-dealkylation sites (tertiary alicyclic amines) is 1. The van der Waals surface area contributed by atoms with Crippen LogP contribution in [-0.2, 0) is 27.4 Å². The molecule has 3 aromatic rings. The first-order valence-corrected chi connectivity index (χ1v) is 12.3. The fourth-order valence-electron chi connectivity index (χ4n) is 4.53. The molecule has 1 amide bonds. The van der Waals surface area contributed by atoms with Crippen LogP contribution in [0.25, 0.3) is 0 Å². The monoisotopic (exact) mass is 564 g/mol. The van der Waals surface area contributed by atoms with Crippen molar-refractivity contribution in [2.45, 2.75) is 30.4 Å². The van der Waals surface area contributed by atoms with Crippen molar-refractivity contribution in [1.29, 1.82) is 0 Å². The molecule has 0 unspecified atom stereocenters. The van der Waals surface area contributed by atoms with Gasteiger partial charge in [0.1, 0.15) is 12.2 Å². The van der Waals surface area contributed by atoms with E-state index in [0.29, 0.717) is 11.1 Å². The molecule has 1 atom stereocenters. The minimum atomic E-state index is -4.80. The zero-order valence-electron chi connectivity index (χ0n) is 19.7. The number of carbonyl (C=O) groups excluding carboxylic acids is 1. The number of benzene rings is 3. The molecule has 3 aromatic carbocycles. The van der Waals surface area contributed by atoms with E-state index in [1.54, 1.807) is 24.3 Å². The standard InChI is InChI=1S/C27H21Cl2F3N2O4/c28-21-10-20(11-22(29)12-21)26(27(30,31)32)13-23(33-38-26)18-6-8-19(9-7-18)25(36)15-34(16-25)24(35)37-14-17-4-2-1-3-5-17/h1-12,36H,13-16H2/t26-/m1/s1. The Morgan fingerprint density at radius 1 is 1.00 bits per heavy atom. The number of aliphatic hydroxyl groups is 1. The maximum absolute atomic E-state index is 14.2. The number of alkyl halides is 3. The molecule has 0 bridgehead atoms. The van der Waals surface area contributed by atoms with Gasteiger partial charge in [-0.15, -0.1) is 0 Å². The molecular formula is C27H21Cl2F3N2O4. The van der Waals surface area contributed by atoms with Crippen molar-refractivity contribution in [2.24, 2.45) is 5.16 Å². The molecule has 2 aliphatic rings. The zero-order chi connectivity index (χ0) is 27.1. The largest absolute Gasteiger partial charge is 0.445 e. The Labute approximate surface area is 226 Å². The molecule has 5 rings (SSSR count). The third kappa shape index (κ3) is 4.93. The smallest absolute Gasteiger partial charge is 0.435 e. The molecule has 0 radical (unpaired) electrons. The second-order valence-corrected chi connectivity index (χ2v) is 10.2. The average Bonchev–Trinajstić information content (AvgIpc) is 3.33. The number of nitrogens with zero attached hydrogens (tertiary/aromatic N) is 2. The number of amides is 1. The number of rotatable bonds is 5. The highest BCUT2D eigenvalue weighted by Gasteiger charge is 2.62. The Morgan fingerprint density at radius 2 is 1.63 bits per heavy atom. The lowest BCUT2D eigenvalue weighted by molar-refractivity contribution is -0.275. The molecule has 1 saturated heterocycles. The SMILES string of the molecule is O=C(OCc1ccccc1)N1CC(O)(c2ccc(C3=NO[C@](c4cc(Cl)cc(Cl)c4)(C(F)(F)F)C3)cc2)C1. The second kappa shape index (κ2) is 9.80. The van der Waals surface area contributed by atoms with Crippen LogP contribution in [0.2, 0.25) is 10.0 Å². The normalized spacial score (nSPS) is 20.4. The molecule has 1 fully saturated rings. The summed E-state index contributed by atoms with van der Waals surface area (Å²) >= 11 is 11.9. The highest BCUT2D eigenvalue weighted by molar-refractivity contribution is 6.34. The molecule has 11 heteroatoms. The predicted molar refractivity (Wildman–Crippen MR) is 135 cm³/mol. The van der Waals surface area contributed by atoms with Crippen molar-refractivity contribution >= 4 is 35.0 Å². The van der Waals surface area contributed by atoms with Gasteiger partial charge in [-0.3, -0.25) is 0 Å². The molecule has 2 heterocycles. The highest BCUT2D eigenvalue weighted by atomic mass is 35.5. The highest BCUT2D eigenvalue weighted by Crippen LogP contribution is 2.49. The number of ether oxygens (including phenoxy) is 1. The van der Waals surface area contributed by atoms with E-state index in [1.165, 1.54) is 11.0 Å². The summed E-state index contributed by atoms with van der Waals surface area (Å²) in [5.74, 6) is 0. The van der Waals surface area contributed by atoms with E-state index in [2.05, 4.69) is 5.16 Å². The van der Waals surface area contributed by atoms with E-state index in [0.717, 1.165) is 17.7 Å². The first-order valence-electron chi connectivity index (χ1n) is 11.6. The van der Waals surface area contributed by atoms with Crippen molar-refractivity contribution in [3.63, 3.8) is 0 Å². The van der Waals surface area contributed by atoms with Gasteiger partial charge < -0.3 is 19.6 Å². The van der Waals surface area contributed by atoms with E-state index < -0.39 is 29.9 Å². The second-order valence-electron chi connectivity index (χ2n) is 9.29. The minimum absolute atomic E-state index is 0.0245. The Morgan fingerprint density at radius 3 is 2.24 bits per heavy atom. The third-order valence-corrected chi connectivity index (χ3v) is 7.07. The molecule has 198 valence electrons. The summed E-state index contributed by atoms with van der Waals surface area (Å²) in [7, 11) is 0. The Balaban J connectivity index is 1.25. The van der Waals surface area contributed by atoms with E-state index in [1.807, 2.05) is 30.3 Å². The van der Waals surface area contributed by atoms with Gasteiger partial charge in [0, 0.05) is 22.0 Å². The van der Waals surface area contributed by atoms with Crippen molar-refractivity contribution in [2.75, 3.05) is 13.1 Å². The minimum Gasteiger partial charge on any atom is -0.445 e. The van der Waals surface area contributed by atoms with Crippen molar-refractivity contribution < 1.29 is 32.6 Å². The van der Waals surface area contributed by atoms with Gasteiger partial charge in [-0.05, 0) is 34.9 Å². The Kier molecular flexibility index (Phi) is 6.79. The van der Waals surface area contributed by atoms with Crippen LogP contribution in [0.15, 0.2) is 78.0 Å². The van der Waals surface area contributed by atoms with Crippen LogP contribution in [0.5, 0.6) is 0 Å². The van der Waals surface area contributed by atoms with Gasteiger partial charge in [0.15, 0.2) is 0 Å². The summed E-state index contributed by atoms with van der Waals surface area (Å²) in [6.07, 6.45) is -5.93. The van der Waals surface area contributed by atoms with Gasteiger partial charge in [0.25, 0.3) is 5.60 Å². The topological polar surface area (TPSA) is 71.4 Å². The number of carbonyl (C=O) groups is 1. The maximum Gasteiger partial charge on any atom is 0.435 e.